The van der Waals surface area contributed by atoms with Gasteiger partial charge in [-0.2, -0.15) is 4.98 Å². The summed E-state index contributed by atoms with van der Waals surface area (Å²) in [6, 6.07) is 8.22. The molecule has 21 heavy (non-hydrogen) atoms. The molecule has 1 aliphatic rings. The zero-order valence-corrected chi connectivity index (χ0v) is 12.5. The molecule has 2 heterocycles. The van der Waals surface area contributed by atoms with Crippen LogP contribution in [0.2, 0.25) is 0 Å². The molecule has 2 N–H and O–H groups in total. The van der Waals surface area contributed by atoms with Crippen LogP contribution in [-0.2, 0) is 6.54 Å². The molecular formula is C16H21N3O2. The minimum absolute atomic E-state index is 0.0505. The van der Waals surface area contributed by atoms with Gasteiger partial charge in [0, 0.05) is 6.04 Å². The van der Waals surface area contributed by atoms with Gasteiger partial charge in [0.05, 0.1) is 24.6 Å². The average Bonchev–Trinajstić information content (AvgIpc) is 3.15. The van der Waals surface area contributed by atoms with E-state index >= 15 is 0 Å². The Morgan fingerprint density at radius 1 is 1.38 bits per heavy atom. The highest BCUT2D eigenvalue weighted by molar-refractivity contribution is 5.55. The second-order valence-corrected chi connectivity index (χ2v) is 5.67. The largest absolute Gasteiger partial charge is 0.473 e. The Morgan fingerprint density at radius 2 is 2.19 bits per heavy atom. The minimum atomic E-state index is 0.0505. The van der Waals surface area contributed by atoms with Crippen molar-refractivity contribution >= 4 is 11.5 Å². The number of furan rings is 1. The van der Waals surface area contributed by atoms with Gasteiger partial charge >= 0.3 is 0 Å². The Kier molecular flexibility index (Phi) is 3.73. The van der Waals surface area contributed by atoms with Gasteiger partial charge in [0.1, 0.15) is 11.6 Å². The highest BCUT2D eigenvalue weighted by Crippen LogP contribution is 2.34. The monoisotopic (exact) mass is 287 g/mol. The maximum absolute atomic E-state index is 5.94. The predicted molar refractivity (Wildman–Crippen MR) is 82.3 cm³/mol. The summed E-state index contributed by atoms with van der Waals surface area (Å²) in [5, 5.41) is 0. The molecule has 1 aliphatic carbocycles. The van der Waals surface area contributed by atoms with Crippen molar-refractivity contribution in [3.63, 3.8) is 0 Å². The van der Waals surface area contributed by atoms with Crippen molar-refractivity contribution in [1.82, 2.24) is 4.98 Å². The third kappa shape index (κ3) is 3.29. The van der Waals surface area contributed by atoms with E-state index in [1.807, 2.05) is 38.1 Å². The number of aromatic nitrogens is 1. The van der Waals surface area contributed by atoms with E-state index in [2.05, 4.69) is 9.88 Å². The number of ether oxygens (including phenoxy) is 1. The van der Waals surface area contributed by atoms with Gasteiger partial charge in [-0.15, -0.1) is 0 Å². The fourth-order valence-corrected chi connectivity index (χ4v) is 2.27. The fraction of sp³-hybridized carbons (Fsp3) is 0.438. The molecule has 1 fully saturated rings. The second-order valence-electron chi connectivity index (χ2n) is 5.67. The molecule has 0 amide bonds. The summed E-state index contributed by atoms with van der Waals surface area (Å²) in [7, 11) is 0. The van der Waals surface area contributed by atoms with Crippen LogP contribution in [0, 0.1) is 0 Å². The van der Waals surface area contributed by atoms with Crippen LogP contribution in [0.1, 0.15) is 32.4 Å². The topological polar surface area (TPSA) is 64.5 Å². The SMILES string of the molecule is CC(C)Oc1nc(N(Cc2ccco2)C2CC2)ccc1N. The number of nitrogen functional groups attached to an aromatic ring is 1. The van der Waals surface area contributed by atoms with Gasteiger partial charge in [0.2, 0.25) is 5.88 Å². The Labute approximate surface area is 124 Å². The summed E-state index contributed by atoms with van der Waals surface area (Å²) in [5.74, 6) is 2.33. The number of hydrogen-bond donors (Lipinski definition) is 1. The number of anilines is 2. The molecule has 0 unspecified atom stereocenters. The smallest absolute Gasteiger partial charge is 0.239 e. The van der Waals surface area contributed by atoms with Crippen LogP contribution in [-0.4, -0.2) is 17.1 Å². The van der Waals surface area contributed by atoms with Crippen molar-refractivity contribution in [3.8, 4) is 5.88 Å². The van der Waals surface area contributed by atoms with Gasteiger partial charge in [0.25, 0.3) is 0 Å². The zero-order valence-electron chi connectivity index (χ0n) is 12.5. The standard InChI is InChI=1S/C16H21N3O2/c1-11(2)21-16-14(17)7-8-15(18-16)19(12-5-6-12)10-13-4-3-9-20-13/h3-4,7-9,11-12H,5-6,10,17H2,1-2H3. The molecule has 1 saturated carbocycles. The first-order valence-corrected chi connectivity index (χ1v) is 7.35. The molecule has 0 radical (unpaired) electrons. The molecule has 2 aromatic rings. The summed E-state index contributed by atoms with van der Waals surface area (Å²) < 4.78 is 11.1. The zero-order chi connectivity index (χ0) is 14.8. The fourth-order valence-electron chi connectivity index (χ4n) is 2.27. The average molecular weight is 287 g/mol. The maximum atomic E-state index is 5.94. The van der Waals surface area contributed by atoms with Crippen LogP contribution in [0.25, 0.3) is 0 Å². The van der Waals surface area contributed by atoms with Gasteiger partial charge in [0.15, 0.2) is 0 Å². The predicted octanol–water partition coefficient (Wildman–Crippen LogP) is 3.21. The van der Waals surface area contributed by atoms with Crippen molar-refractivity contribution in [3.05, 3.63) is 36.3 Å². The van der Waals surface area contributed by atoms with Crippen LogP contribution in [0.15, 0.2) is 34.9 Å². The number of rotatable bonds is 6. The summed E-state index contributed by atoms with van der Waals surface area (Å²) in [5.41, 5.74) is 6.51. The van der Waals surface area contributed by atoms with Gasteiger partial charge in [-0.3, -0.25) is 0 Å². The third-order valence-electron chi connectivity index (χ3n) is 3.41. The molecule has 0 aromatic carbocycles. The normalized spacial score (nSPS) is 14.4. The van der Waals surface area contributed by atoms with Gasteiger partial charge in [-0.05, 0) is 51.0 Å². The van der Waals surface area contributed by atoms with Crippen molar-refractivity contribution in [2.45, 2.75) is 45.4 Å². The summed E-state index contributed by atoms with van der Waals surface area (Å²) in [6.07, 6.45) is 4.12. The van der Waals surface area contributed by atoms with Crippen molar-refractivity contribution in [2.24, 2.45) is 0 Å². The highest BCUT2D eigenvalue weighted by Gasteiger charge is 2.31. The lowest BCUT2D eigenvalue weighted by atomic mass is 10.3. The van der Waals surface area contributed by atoms with Crippen LogP contribution in [0.4, 0.5) is 11.5 Å². The van der Waals surface area contributed by atoms with Crippen molar-refractivity contribution in [1.29, 1.82) is 0 Å². The number of nitrogens with two attached hydrogens (primary N) is 1. The Morgan fingerprint density at radius 3 is 2.81 bits per heavy atom. The Hall–Kier alpha value is -2.17. The molecule has 3 rings (SSSR count). The minimum Gasteiger partial charge on any atom is -0.473 e. The molecular weight excluding hydrogens is 266 g/mol. The summed E-state index contributed by atoms with van der Waals surface area (Å²) in [6.45, 7) is 4.65. The number of pyridine rings is 1. The van der Waals surface area contributed by atoms with E-state index in [0.29, 0.717) is 17.6 Å². The van der Waals surface area contributed by atoms with Crippen molar-refractivity contribution < 1.29 is 9.15 Å². The first kappa shape index (κ1) is 13.8. The lowest BCUT2D eigenvalue weighted by Crippen LogP contribution is -2.26. The molecule has 0 spiro atoms. The van der Waals surface area contributed by atoms with E-state index in [0.717, 1.165) is 18.1 Å². The van der Waals surface area contributed by atoms with E-state index in [-0.39, 0.29) is 6.10 Å². The molecule has 0 atom stereocenters. The molecule has 0 bridgehead atoms. The van der Waals surface area contributed by atoms with Crippen LogP contribution in [0.5, 0.6) is 5.88 Å². The Balaban J connectivity index is 1.85. The highest BCUT2D eigenvalue weighted by atomic mass is 16.5. The molecule has 5 heteroatoms. The quantitative estimate of drug-likeness (QED) is 0.883. The van der Waals surface area contributed by atoms with E-state index in [1.165, 1.54) is 12.8 Å². The first-order chi connectivity index (χ1) is 10.1. The lowest BCUT2D eigenvalue weighted by molar-refractivity contribution is 0.234. The molecule has 0 aliphatic heterocycles. The maximum Gasteiger partial charge on any atom is 0.239 e. The van der Waals surface area contributed by atoms with Crippen LogP contribution >= 0.6 is 0 Å². The molecule has 112 valence electrons. The van der Waals surface area contributed by atoms with E-state index in [9.17, 15) is 0 Å². The van der Waals surface area contributed by atoms with Gasteiger partial charge in [-0.25, -0.2) is 0 Å². The second kappa shape index (κ2) is 5.68. The summed E-state index contributed by atoms with van der Waals surface area (Å²) in [4.78, 5) is 6.85. The van der Waals surface area contributed by atoms with E-state index in [4.69, 9.17) is 14.9 Å². The molecule has 0 saturated heterocycles. The van der Waals surface area contributed by atoms with Gasteiger partial charge < -0.3 is 19.8 Å². The first-order valence-electron chi connectivity index (χ1n) is 7.35. The summed E-state index contributed by atoms with van der Waals surface area (Å²) >= 11 is 0. The Bertz CT molecular complexity index is 592. The van der Waals surface area contributed by atoms with E-state index in [1.54, 1.807) is 6.26 Å². The number of nitrogens with zero attached hydrogens (tertiary/aromatic N) is 2. The van der Waals surface area contributed by atoms with Crippen LogP contribution < -0.4 is 15.4 Å². The van der Waals surface area contributed by atoms with Crippen molar-refractivity contribution in [2.75, 3.05) is 10.6 Å². The van der Waals surface area contributed by atoms with E-state index < -0.39 is 0 Å². The number of hydrogen-bond acceptors (Lipinski definition) is 5. The molecule has 2 aromatic heterocycles. The van der Waals surface area contributed by atoms with Crippen LogP contribution in [0.3, 0.4) is 0 Å². The lowest BCUT2D eigenvalue weighted by Gasteiger charge is -2.23. The third-order valence-corrected chi connectivity index (χ3v) is 3.41. The van der Waals surface area contributed by atoms with Gasteiger partial charge in [-0.1, -0.05) is 0 Å². The molecule has 5 nitrogen and oxygen atoms in total.